The second kappa shape index (κ2) is 6.61. The van der Waals surface area contributed by atoms with Crippen molar-refractivity contribution in [1.29, 1.82) is 0 Å². The Morgan fingerprint density at radius 3 is 2.70 bits per heavy atom. The van der Waals surface area contributed by atoms with Crippen LogP contribution in [0.4, 0.5) is 4.79 Å². The molecule has 2 amide bonds. The van der Waals surface area contributed by atoms with Crippen LogP contribution in [0, 0.1) is 18.3 Å². The number of nitrogens with one attached hydrogen (secondary N) is 2. The topological polar surface area (TPSA) is 41.1 Å². The van der Waals surface area contributed by atoms with E-state index in [-0.39, 0.29) is 8.88 Å². The summed E-state index contributed by atoms with van der Waals surface area (Å²) in [5.41, 5.74) is 4.21. The number of hydrogen-bond donors (Lipinski definition) is 2. The van der Waals surface area contributed by atoms with Crippen molar-refractivity contribution in [3.63, 3.8) is 0 Å². The molecule has 3 rings (SSSR count). The lowest BCUT2D eigenvalue weighted by Gasteiger charge is -2.16. The molecule has 1 fully saturated rings. The first kappa shape index (κ1) is 15.9. The van der Waals surface area contributed by atoms with E-state index in [1.165, 1.54) is 23.1 Å². The van der Waals surface area contributed by atoms with Crippen LogP contribution < -0.4 is 10.6 Å². The smallest absolute Gasteiger partial charge is 0.314 e. The van der Waals surface area contributed by atoms with Gasteiger partial charge in [-0.25, -0.2) is 4.79 Å². The predicted octanol–water partition coefficient (Wildman–Crippen LogP) is 4.24. The molecule has 2 aliphatic rings. The number of hydrogen-bond acceptors (Lipinski definition) is 1. The third-order valence-corrected chi connectivity index (χ3v) is 5.02. The molecule has 2 N–H and O–H groups in total. The summed E-state index contributed by atoms with van der Waals surface area (Å²) >= 11 is 0. The van der Waals surface area contributed by atoms with Gasteiger partial charge in [0.25, 0.3) is 0 Å². The van der Waals surface area contributed by atoms with Gasteiger partial charge in [0.1, 0.15) is 0 Å². The Morgan fingerprint density at radius 1 is 1.22 bits per heavy atom. The summed E-state index contributed by atoms with van der Waals surface area (Å²) in [6.07, 6.45) is 10.0. The summed E-state index contributed by atoms with van der Waals surface area (Å²) in [5, 5.41) is 5.92. The SMILES string of the molecule is CC1=CC2CC2(CCNC(=O)NCCc2ccc(C)cc2)C=C1.[HH].[HH]. The lowest BCUT2D eigenvalue weighted by molar-refractivity contribution is 0.240. The van der Waals surface area contributed by atoms with Crippen LogP contribution in [0.15, 0.2) is 48.1 Å². The molecular formula is C20H30N2O. The molecule has 0 aliphatic heterocycles. The Labute approximate surface area is 141 Å². The van der Waals surface area contributed by atoms with Gasteiger partial charge < -0.3 is 10.6 Å². The number of aryl methyl sites for hydroxylation is 1. The second-order valence-electron chi connectivity index (χ2n) is 6.96. The Morgan fingerprint density at radius 2 is 1.96 bits per heavy atom. The Hall–Kier alpha value is -2.03. The highest BCUT2D eigenvalue weighted by atomic mass is 16.2. The molecule has 0 radical (unpaired) electrons. The van der Waals surface area contributed by atoms with Crippen molar-refractivity contribution < 1.29 is 7.65 Å². The normalized spacial score (nSPS) is 24.6. The first-order valence-corrected chi connectivity index (χ1v) is 8.52. The Balaban J connectivity index is 0.00000156. The molecular weight excluding hydrogens is 284 g/mol. The number of carbonyl (C=O) groups excluding carboxylic acids is 1. The molecule has 126 valence electrons. The van der Waals surface area contributed by atoms with Crippen LogP contribution in [-0.4, -0.2) is 19.1 Å². The number of fused-ring (bicyclic) bond motifs is 1. The monoisotopic (exact) mass is 314 g/mol. The minimum absolute atomic E-state index is 0. The van der Waals surface area contributed by atoms with Gasteiger partial charge >= 0.3 is 6.03 Å². The first-order chi connectivity index (χ1) is 11.1. The predicted molar refractivity (Wildman–Crippen MR) is 98.6 cm³/mol. The molecule has 2 atom stereocenters. The van der Waals surface area contributed by atoms with Crippen molar-refractivity contribution in [3.05, 3.63) is 59.2 Å². The highest BCUT2D eigenvalue weighted by Crippen LogP contribution is 2.59. The summed E-state index contributed by atoms with van der Waals surface area (Å²) in [6, 6.07) is 8.39. The van der Waals surface area contributed by atoms with Gasteiger partial charge in [0.2, 0.25) is 0 Å². The summed E-state index contributed by atoms with van der Waals surface area (Å²) in [4.78, 5) is 11.8. The number of urea groups is 1. The lowest BCUT2D eigenvalue weighted by atomic mass is 9.93. The van der Waals surface area contributed by atoms with Crippen LogP contribution >= 0.6 is 0 Å². The van der Waals surface area contributed by atoms with Crippen LogP contribution in [0.2, 0.25) is 0 Å². The molecule has 2 aliphatic carbocycles. The molecule has 1 aromatic carbocycles. The van der Waals surface area contributed by atoms with Gasteiger partial charge in [0.05, 0.1) is 0 Å². The van der Waals surface area contributed by atoms with Gasteiger partial charge in [-0.05, 0) is 50.0 Å². The van der Waals surface area contributed by atoms with E-state index in [0.717, 1.165) is 19.4 Å². The molecule has 0 bridgehead atoms. The Kier molecular flexibility index (Phi) is 4.56. The maximum absolute atomic E-state index is 11.8. The number of carbonyl (C=O) groups is 1. The van der Waals surface area contributed by atoms with Gasteiger partial charge in [-0.2, -0.15) is 0 Å². The standard InChI is InChI=1S/C20H26N2O.2H2/c1-15-3-5-17(6-4-15)8-11-21-19(23)22-12-10-20-9-7-16(2)13-18(20)14-20;;/h3-7,9,13,18H,8,10-12,14H2,1-2H3,(H2,21,22,23);2*1H. The zero-order chi connectivity index (χ0) is 16.3. The number of allylic oxidation sites excluding steroid dienone is 4. The molecule has 3 nitrogen and oxygen atoms in total. The van der Waals surface area contributed by atoms with Gasteiger partial charge in [-0.15, -0.1) is 0 Å². The van der Waals surface area contributed by atoms with Crippen molar-refractivity contribution >= 4 is 6.03 Å². The lowest BCUT2D eigenvalue weighted by Crippen LogP contribution is -2.37. The van der Waals surface area contributed by atoms with E-state index < -0.39 is 0 Å². The Bertz CT molecular complexity index is 640. The van der Waals surface area contributed by atoms with E-state index in [4.69, 9.17) is 0 Å². The molecule has 3 heteroatoms. The highest BCUT2D eigenvalue weighted by Gasteiger charge is 2.51. The fourth-order valence-corrected chi connectivity index (χ4v) is 3.35. The number of amides is 2. The van der Waals surface area contributed by atoms with Crippen LogP contribution in [0.1, 0.15) is 33.7 Å². The van der Waals surface area contributed by atoms with Crippen LogP contribution in [0.5, 0.6) is 0 Å². The molecule has 0 saturated heterocycles. The summed E-state index contributed by atoms with van der Waals surface area (Å²) in [5.74, 6) is 0.693. The molecule has 23 heavy (non-hydrogen) atoms. The third-order valence-electron chi connectivity index (χ3n) is 5.02. The van der Waals surface area contributed by atoms with E-state index in [0.29, 0.717) is 17.9 Å². The van der Waals surface area contributed by atoms with Crippen molar-refractivity contribution in [1.82, 2.24) is 10.6 Å². The van der Waals surface area contributed by atoms with E-state index in [9.17, 15) is 4.79 Å². The largest absolute Gasteiger partial charge is 0.338 e. The summed E-state index contributed by atoms with van der Waals surface area (Å²) < 4.78 is 0. The number of rotatable bonds is 6. The minimum Gasteiger partial charge on any atom is -0.338 e. The molecule has 0 heterocycles. The first-order valence-electron chi connectivity index (χ1n) is 8.52. The van der Waals surface area contributed by atoms with Gasteiger partial charge in [-0.1, -0.05) is 53.6 Å². The zero-order valence-corrected chi connectivity index (χ0v) is 14.1. The van der Waals surface area contributed by atoms with Crippen molar-refractivity contribution in [3.8, 4) is 0 Å². The fourth-order valence-electron chi connectivity index (χ4n) is 3.35. The average molecular weight is 314 g/mol. The molecule has 1 aromatic rings. The van der Waals surface area contributed by atoms with Crippen LogP contribution in [0.3, 0.4) is 0 Å². The van der Waals surface area contributed by atoms with E-state index in [2.05, 4.69) is 67.0 Å². The quantitative estimate of drug-likeness (QED) is 0.810. The average Bonchev–Trinajstić information content (AvgIpc) is 3.23. The van der Waals surface area contributed by atoms with E-state index in [1.807, 2.05) is 0 Å². The highest BCUT2D eigenvalue weighted by molar-refractivity contribution is 5.73. The maximum atomic E-state index is 11.8. The molecule has 2 unspecified atom stereocenters. The number of benzene rings is 1. The maximum Gasteiger partial charge on any atom is 0.314 e. The third kappa shape index (κ3) is 4.04. The van der Waals surface area contributed by atoms with Gasteiger partial charge in [0.15, 0.2) is 0 Å². The fraction of sp³-hybridized carbons (Fsp3) is 0.450. The van der Waals surface area contributed by atoms with Crippen molar-refractivity contribution in [2.75, 3.05) is 13.1 Å². The van der Waals surface area contributed by atoms with Crippen molar-refractivity contribution in [2.24, 2.45) is 11.3 Å². The van der Waals surface area contributed by atoms with E-state index >= 15 is 0 Å². The van der Waals surface area contributed by atoms with Crippen LogP contribution in [0.25, 0.3) is 0 Å². The van der Waals surface area contributed by atoms with Gasteiger partial charge in [0, 0.05) is 15.9 Å². The van der Waals surface area contributed by atoms with E-state index in [1.54, 1.807) is 0 Å². The second-order valence-corrected chi connectivity index (χ2v) is 6.96. The summed E-state index contributed by atoms with van der Waals surface area (Å²) in [6.45, 7) is 5.64. The van der Waals surface area contributed by atoms with Crippen molar-refractivity contribution in [2.45, 2.75) is 33.1 Å². The van der Waals surface area contributed by atoms with Gasteiger partial charge in [-0.3, -0.25) is 0 Å². The zero-order valence-electron chi connectivity index (χ0n) is 14.1. The van der Waals surface area contributed by atoms with Crippen LogP contribution in [-0.2, 0) is 6.42 Å². The minimum atomic E-state index is -0.0581. The summed E-state index contributed by atoms with van der Waals surface area (Å²) in [7, 11) is 0. The molecule has 1 saturated carbocycles. The molecule has 0 spiro atoms. The molecule has 0 aromatic heterocycles.